The Hall–Kier alpha value is -0.260. The standard InChI is InChI=1S/C22H42/c1-5-6-7-8-9-10-11-12-13-14-20(4)22-17-15-21(16-18-22)19(2)3/h19,21-22H,4-18H2,1-3H3. The van der Waals surface area contributed by atoms with E-state index in [9.17, 15) is 0 Å². The van der Waals surface area contributed by atoms with Crippen LogP contribution in [0.2, 0.25) is 0 Å². The Kier molecular flexibility index (Phi) is 11.0. The Morgan fingerprint density at radius 2 is 1.32 bits per heavy atom. The van der Waals surface area contributed by atoms with Crippen molar-refractivity contribution in [1.29, 1.82) is 0 Å². The summed E-state index contributed by atoms with van der Waals surface area (Å²) in [5.41, 5.74) is 1.57. The van der Waals surface area contributed by atoms with E-state index in [0.29, 0.717) is 0 Å². The molecule has 130 valence electrons. The second-order valence-corrected chi connectivity index (χ2v) is 8.09. The molecule has 0 aromatic heterocycles. The molecule has 1 fully saturated rings. The highest BCUT2D eigenvalue weighted by Gasteiger charge is 2.24. The highest BCUT2D eigenvalue weighted by Crippen LogP contribution is 2.37. The maximum atomic E-state index is 4.42. The summed E-state index contributed by atoms with van der Waals surface area (Å²) in [5.74, 6) is 2.72. The molecule has 0 heteroatoms. The van der Waals surface area contributed by atoms with E-state index in [1.807, 2.05) is 0 Å². The van der Waals surface area contributed by atoms with Gasteiger partial charge in [-0.1, -0.05) is 84.3 Å². The first-order chi connectivity index (χ1) is 10.6. The van der Waals surface area contributed by atoms with Gasteiger partial charge in [-0.15, -0.1) is 0 Å². The molecular formula is C22H42. The van der Waals surface area contributed by atoms with Crippen LogP contribution in [0.3, 0.4) is 0 Å². The molecule has 0 aromatic carbocycles. The number of hydrogen-bond donors (Lipinski definition) is 0. The fourth-order valence-corrected chi connectivity index (χ4v) is 4.06. The summed E-state index contributed by atoms with van der Waals surface area (Å²) >= 11 is 0. The molecule has 0 heterocycles. The van der Waals surface area contributed by atoms with Crippen LogP contribution in [0.25, 0.3) is 0 Å². The molecule has 1 saturated carbocycles. The van der Waals surface area contributed by atoms with Crippen molar-refractivity contribution < 1.29 is 0 Å². The molecule has 0 radical (unpaired) electrons. The van der Waals surface area contributed by atoms with Crippen LogP contribution in [-0.2, 0) is 0 Å². The van der Waals surface area contributed by atoms with Gasteiger partial charge in [0.15, 0.2) is 0 Å². The van der Waals surface area contributed by atoms with Crippen molar-refractivity contribution in [1.82, 2.24) is 0 Å². The molecular weight excluding hydrogens is 264 g/mol. The molecule has 0 aromatic rings. The van der Waals surface area contributed by atoms with Gasteiger partial charge in [-0.25, -0.2) is 0 Å². The van der Waals surface area contributed by atoms with Crippen molar-refractivity contribution in [2.75, 3.05) is 0 Å². The summed E-state index contributed by atoms with van der Waals surface area (Å²) in [7, 11) is 0. The van der Waals surface area contributed by atoms with E-state index in [1.165, 1.54) is 89.9 Å². The zero-order chi connectivity index (χ0) is 16.2. The van der Waals surface area contributed by atoms with E-state index in [-0.39, 0.29) is 0 Å². The van der Waals surface area contributed by atoms with Gasteiger partial charge in [0, 0.05) is 0 Å². The van der Waals surface area contributed by atoms with Crippen molar-refractivity contribution in [2.45, 2.75) is 111 Å². The first kappa shape index (κ1) is 19.8. The van der Waals surface area contributed by atoms with Crippen LogP contribution in [0.1, 0.15) is 111 Å². The Balaban J connectivity index is 1.96. The molecule has 0 atom stereocenters. The molecule has 0 bridgehead atoms. The maximum absolute atomic E-state index is 4.42. The van der Waals surface area contributed by atoms with Crippen LogP contribution in [0.4, 0.5) is 0 Å². The first-order valence-electron chi connectivity index (χ1n) is 10.3. The third kappa shape index (κ3) is 8.39. The minimum absolute atomic E-state index is 0.851. The van der Waals surface area contributed by atoms with Crippen LogP contribution >= 0.6 is 0 Å². The van der Waals surface area contributed by atoms with E-state index in [0.717, 1.165) is 17.8 Å². The van der Waals surface area contributed by atoms with Gasteiger partial charge >= 0.3 is 0 Å². The maximum Gasteiger partial charge on any atom is -0.0206 e. The quantitative estimate of drug-likeness (QED) is 0.254. The Labute approximate surface area is 141 Å². The molecule has 0 amide bonds. The summed E-state index contributed by atoms with van der Waals surface area (Å²) in [6, 6.07) is 0. The van der Waals surface area contributed by atoms with Crippen LogP contribution in [-0.4, -0.2) is 0 Å². The lowest BCUT2D eigenvalue weighted by atomic mass is 9.74. The van der Waals surface area contributed by atoms with Gasteiger partial charge in [0.1, 0.15) is 0 Å². The predicted molar refractivity (Wildman–Crippen MR) is 101 cm³/mol. The lowest BCUT2D eigenvalue weighted by molar-refractivity contribution is 0.240. The molecule has 1 aliphatic rings. The molecule has 0 spiro atoms. The van der Waals surface area contributed by atoms with E-state index < -0.39 is 0 Å². The molecule has 0 saturated heterocycles. The zero-order valence-corrected chi connectivity index (χ0v) is 15.8. The van der Waals surface area contributed by atoms with E-state index in [1.54, 1.807) is 5.57 Å². The third-order valence-electron chi connectivity index (χ3n) is 5.89. The normalized spacial score (nSPS) is 22.2. The number of allylic oxidation sites excluding steroid dienone is 1. The van der Waals surface area contributed by atoms with E-state index in [2.05, 4.69) is 27.4 Å². The molecule has 0 nitrogen and oxygen atoms in total. The molecule has 0 aliphatic heterocycles. The monoisotopic (exact) mass is 306 g/mol. The van der Waals surface area contributed by atoms with Gasteiger partial charge in [0.2, 0.25) is 0 Å². The first-order valence-corrected chi connectivity index (χ1v) is 10.3. The fourth-order valence-electron chi connectivity index (χ4n) is 4.06. The van der Waals surface area contributed by atoms with Crippen molar-refractivity contribution in [3.05, 3.63) is 12.2 Å². The molecule has 22 heavy (non-hydrogen) atoms. The van der Waals surface area contributed by atoms with Crippen LogP contribution in [0, 0.1) is 17.8 Å². The van der Waals surface area contributed by atoms with Crippen molar-refractivity contribution in [3.63, 3.8) is 0 Å². The van der Waals surface area contributed by atoms with Gasteiger partial charge in [0.05, 0.1) is 0 Å². The lowest BCUT2D eigenvalue weighted by Crippen LogP contribution is -2.19. The van der Waals surface area contributed by atoms with Crippen molar-refractivity contribution in [2.24, 2.45) is 17.8 Å². The lowest BCUT2D eigenvalue weighted by Gasteiger charge is -2.32. The minimum atomic E-state index is 0.851. The van der Waals surface area contributed by atoms with E-state index in [4.69, 9.17) is 0 Å². The summed E-state index contributed by atoms with van der Waals surface area (Å²) < 4.78 is 0. The van der Waals surface area contributed by atoms with E-state index >= 15 is 0 Å². The summed E-state index contributed by atoms with van der Waals surface area (Å²) in [6.07, 6.45) is 19.9. The smallest absolute Gasteiger partial charge is 0.0206 e. The number of rotatable bonds is 12. The van der Waals surface area contributed by atoms with Crippen LogP contribution in [0.15, 0.2) is 12.2 Å². The predicted octanol–water partition coefficient (Wildman–Crippen LogP) is 7.93. The Morgan fingerprint density at radius 3 is 1.82 bits per heavy atom. The SMILES string of the molecule is C=C(CCCCCCCCCCC)C1CCC(C(C)C)CC1. The van der Waals surface area contributed by atoms with Gasteiger partial charge in [-0.2, -0.15) is 0 Å². The van der Waals surface area contributed by atoms with Crippen molar-refractivity contribution >= 4 is 0 Å². The summed E-state index contributed by atoms with van der Waals surface area (Å²) in [6.45, 7) is 11.5. The second-order valence-electron chi connectivity index (χ2n) is 8.09. The Morgan fingerprint density at radius 1 is 0.818 bits per heavy atom. The van der Waals surface area contributed by atoms with Gasteiger partial charge in [-0.05, 0) is 56.3 Å². The average molecular weight is 307 g/mol. The molecule has 1 rings (SSSR count). The van der Waals surface area contributed by atoms with Gasteiger partial charge in [-0.3, -0.25) is 0 Å². The number of hydrogen-bond acceptors (Lipinski definition) is 0. The highest BCUT2D eigenvalue weighted by atomic mass is 14.3. The van der Waals surface area contributed by atoms with Gasteiger partial charge in [0.25, 0.3) is 0 Å². The zero-order valence-electron chi connectivity index (χ0n) is 15.8. The summed E-state index contributed by atoms with van der Waals surface area (Å²) in [5, 5.41) is 0. The summed E-state index contributed by atoms with van der Waals surface area (Å²) in [4.78, 5) is 0. The topological polar surface area (TPSA) is 0 Å². The minimum Gasteiger partial charge on any atom is -0.0996 e. The molecule has 0 N–H and O–H groups in total. The van der Waals surface area contributed by atoms with Gasteiger partial charge < -0.3 is 0 Å². The van der Waals surface area contributed by atoms with Crippen molar-refractivity contribution in [3.8, 4) is 0 Å². The highest BCUT2D eigenvalue weighted by molar-refractivity contribution is 5.02. The largest absolute Gasteiger partial charge is 0.0996 e. The molecule has 0 unspecified atom stereocenters. The second kappa shape index (κ2) is 12.2. The van der Waals surface area contributed by atoms with Crippen LogP contribution in [0.5, 0.6) is 0 Å². The Bertz CT molecular complexity index is 268. The third-order valence-corrected chi connectivity index (χ3v) is 5.89. The molecule has 1 aliphatic carbocycles. The van der Waals surface area contributed by atoms with Crippen LogP contribution < -0.4 is 0 Å². The average Bonchev–Trinajstić information content (AvgIpc) is 2.53. The fraction of sp³-hybridized carbons (Fsp3) is 0.909. The number of unbranched alkanes of at least 4 members (excludes halogenated alkanes) is 8.